The molecule has 0 saturated carbocycles. The average molecular weight is 609 g/mol. The lowest BCUT2D eigenvalue weighted by Crippen LogP contribution is -2.48. The van der Waals surface area contributed by atoms with Crippen LogP contribution in [0.1, 0.15) is 68.9 Å². The van der Waals surface area contributed by atoms with Crippen LogP contribution < -0.4 is 21.1 Å². The van der Waals surface area contributed by atoms with E-state index < -0.39 is 24.0 Å². The van der Waals surface area contributed by atoms with Gasteiger partial charge in [0.2, 0.25) is 5.91 Å². The van der Waals surface area contributed by atoms with Crippen molar-refractivity contribution in [2.45, 2.75) is 51.8 Å². The van der Waals surface area contributed by atoms with Crippen molar-refractivity contribution < 1.29 is 24.2 Å². The van der Waals surface area contributed by atoms with E-state index in [2.05, 4.69) is 10.6 Å². The molecule has 230 valence electrons. The molecule has 0 unspecified atom stereocenters. The van der Waals surface area contributed by atoms with E-state index in [0.717, 1.165) is 29.7 Å². The smallest absolute Gasteiger partial charge is 0.253 e. The Labute approximate surface area is 258 Å². The summed E-state index contributed by atoms with van der Waals surface area (Å²) in [5, 5.41) is 17.9. The Balaban J connectivity index is 1.84. The van der Waals surface area contributed by atoms with E-state index in [1.807, 2.05) is 50.2 Å². The number of aliphatic hydroxyl groups is 1. The Hall–Kier alpha value is -3.92. The van der Waals surface area contributed by atoms with E-state index in [4.69, 9.17) is 22.1 Å². The average Bonchev–Trinajstić information content (AvgIpc) is 3.01. The molecule has 0 aliphatic carbocycles. The van der Waals surface area contributed by atoms with Gasteiger partial charge in [0.05, 0.1) is 19.3 Å². The molecule has 10 heteroatoms. The number of hydrogen-bond donors (Lipinski definition) is 4. The molecular formula is C33H41ClN4O5. The SMILES string of the molecule is CCCN(CCC)C(=O)c1cc(C(N)=O)cc(C(=O)N[C@@H](Cc2ccc(Cl)cc2)[C@H](O)CNCc2cccc(OC)c2)c1. The van der Waals surface area contributed by atoms with Crippen LogP contribution in [0.2, 0.25) is 5.02 Å². The predicted octanol–water partition coefficient (Wildman–Crippen LogP) is 4.20. The molecule has 9 nitrogen and oxygen atoms in total. The number of nitrogens with one attached hydrogen (secondary N) is 2. The van der Waals surface area contributed by atoms with Crippen LogP contribution in [0.5, 0.6) is 5.75 Å². The Bertz CT molecular complexity index is 1380. The normalized spacial score (nSPS) is 12.3. The van der Waals surface area contributed by atoms with Gasteiger partial charge in [-0.05, 0) is 72.9 Å². The zero-order valence-electron chi connectivity index (χ0n) is 24.9. The van der Waals surface area contributed by atoms with E-state index in [-0.39, 0.29) is 29.1 Å². The highest BCUT2D eigenvalue weighted by Crippen LogP contribution is 2.17. The second-order valence-corrected chi connectivity index (χ2v) is 10.9. The summed E-state index contributed by atoms with van der Waals surface area (Å²) in [6.07, 6.45) is 0.873. The molecule has 0 aromatic heterocycles. The van der Waals surface area contributed by atoms with E-state index in [0.29, 0.717) is 31.1 Å². The number of primary amides is 1. The molecule has 3 aromatic carbocycles. The maximum absolute atomic E-state index is 13.6. The number of rotatable bonds is 16. The van der Waals surface area contributed by atoms with Crippen LogP contribution in [0, 0.1) is 0 Å². The first-order valence-corrected chi connectivity index (χ1v) is 14.8. The number of amides is 3. The molecule has 0 radical (unpaired) electrons. The molecule has 0 fully saturated rings. The molecule has 0 heterocycles. The summed E-state index contributed by atoms with van der Waals surface area (Å²) in [5.74, 6) is -0.835. The Morgan fingerprint density at radius 1 is 0.930 bits per heavy atom. The predicted molar refractivity (Wildman–Crippen MR) is 169 cm³/mol. The highest BCUT2D eigenvalue weighted by molar-refractivity contribution is 6.30. The van der Waals surface area contributed by atoms with E-state index in [1.165, 1.54) is 18.2 Å². The second kappa shape index (κ2) is 16.6. The molecule has 0 aliphatic heterocycles. The molecule has 3 aromatic rings. The summed E-state index contributed by atoms with van der Waals surface area (Å²) in [4.78, 5) is 40.8. The molecular weight excluding hydrogens is 568 g/mol. The molecule has 0 saturated heterocycles. The summed E-state index contributed by atoms with van der Waals surface area (Å²) >= 11 is 6.06. The monoisotopic (exact) mass is 608 g/mol. The Kier molecular flexibility index (Phi) is 13.0. The molecule has 0 bridgehead atoms. The van der Waals surface area contributed by atoms with Crippen molar-refractivity contribution in [3.05, 3.63) is 99.6 Å². The summed E-state index contributed by atoms with van der Waals surface area (Å²) in [7, 11) is 1.60. The Morgan fingerprint density at radius 2 is 1.58 bits per heavy atom. The van der Waals surface area contributed by atoms with Crippen LogP contribution in [0.25, 0.3) is 0 Å². The van der Waals surface area contributed by atoms with E-state index in [1.54, 1.807) is 24.1 Å². The first kappa shape index (κ1) is 33.6. The molecule has 2 atom stereocenters. The lowest BCUT2D eigenvalue weighted by molar-refractivity contribution is 0.0755. The summed E-state index contributed by atoms with van der Waals surface area (Å²) in [5.41, 5.74) is 7.77. The molecule has 3 amide bonds. The van der Waals surface area contributed by atoms with Gasteiger partial charge in [-0.2, -0.15) is 0 Å². The number of ether oxygens (including phenoxy) is 1. The number of aliphatic hydroxyl groups excluding tert-OH is 1. The van der Waals surface area contributed by atoms with Crippen LogP contribution in [-0.4, -0.2) is 66.6 Å². The fraction of sp³-hybridized carbons (Fsp3) is 0.364. The van der Waals surface area contributed by atoms with Crippen molar-refractivity contribution in [1.29, 1.82) is 0 Å². The van der Waals surface area contributed by atoms with Crippen LogP contribution in [-0.2, 0) is 13.0 Å². The number of carbonyl (C=O) groups excluding carboxylic acids is 3. The van der Waals surface area contributed by atoms with Crippen molar-refractivity contribution in [2.24, 2.45) is 5.73 Å². The minimum Gasteiger partial charge on any atom is -0.497 e. The lowest BCUT2D eigenvalue weighted by atomic mass is 9.99. The fourth-order valence-electron chi connectivity index (χ4n) is 4.76. The third kappa shape index (κ3) is 10.1. The summed E-state index contributed by atoms with van der Waals surface area (Å²) in [6.45, 7) is 5.72. The third-order valence-corrected chi connectivity index (χ3v) is 7.22. The van der Waals surface area contributed by atoms with Crippen molar-refractivity contribution in [3.8, 4) is 5.75 Å². The molecule has 0 aliphatic rings. The first-order valence-electron chi connectivity index (χ1n) is 14.5. The summed E-state index contributed by atoms with van der Waals surface area (Å²) < 4.78 is 5.28. The minimum absolute atomic E-state index is 0.0544. The van der Waals surface area contributed by atoms with Crippen LogP contribution >= 0.6 is 11.6 Å². The van der Waals surface area contributed by atoms with Gasteiger partial charge in [0, 0.05) is 47.9 Å². The van der Waals surface area contributed by atoms with E-state index >= 15 is 0 Å². The lowest BCUT2D eigenvalue weighted by Gasteiger charge is -2.25. The van der Waals surface area contributed by atoms with Gasteiger partial charge in [-0.1, -0.05) is 49.7 Å². The van der Waals surface area contributed by atoms with Crippen molar-refractivity contribution in [1.82, 2.24) is 15.5 Å². The number of nitrogens with zero attached hydrogens (tertiary/aromatic N) is 1. The maximum atomic E-state index is 13.6. The number of hydrogen-bond acceptors (Lipinski definition) is 6. The standard InChI is InChI=1S/C33H41ClN4O5/c1-4-13-38(14-5-2)33(42)26-18-24(31(35)40)17-25(19-26)32(41)37-29(16-22-9-11-27(34)12-10-22)30(39)21-36-20-23-7-6-8-28(15-23)43-3/h6-12,15,17-19,29-30,36,39H,4-5,13-14,16,20-21H2,1-3H3,(H2,35,40)(H,37,41)/t29-,30+/m0/s1. The number of halogens is 1. The fourth-order valence-corrected chi connectivity index (χ4v) is 4.89. The van der Waals surface area contributed by atoms with Crippen molar-refractivity contribution in [3.63, 3.8) is 0 Å². The van der Waals surface area contributed by atoms with Gasteiger partial charge >= 0.3 is 0 Å². The zero-order valence-corrected chi connectivity index (χ0v) is 25.7. The molecule has 5 N–H and O–H groups in total. The number of nitrogens with two attached hydrogens (primary N) is 1. The molecule has 0 spiro atoms. The van der Waals surface area contributed by atoms with Gasteiger partial charge in [-0.3, -0.25) is 14.4 Å². The molecule has 43 heavy (non-hydrogen) atoms. The Morgan fingerprint density at radius 3 is 2.21 bits per heavy atom. The number of carbonyl (C=O) groups is 3. The maximum Gasteiger partial charge on any atom is 0.253 e. The molecule has 3 rings (SSSR count). The first-order chi connectivity index (χ1) is 20.6. The highest BCUT2D eigenvalue weighted by atomic mass is 35.5. The van der Waals surface area contributed by atoms with Gasteiger partial charge in [0.1, 0.15) is 5.75 Å². The van der Waals surface area contributed by atoms with Crippen LogP contribution in [0.3, 0.4) is 0 Å². The van der Waals surface area contributed by atoms with Gasteiger partial charge in [-0.15, -0.1) is 0 Å². The van der Waals surface area contributed by atoms with Crippen LogP contribution in [0.4, 0.5) is 0 Å². The van der Waals surface area contributed by atoms with Crippen molar-refractivity contribution in [2.75, 3.05) is 26.7 Å². The van der Waals surface area contributed by atoms with E-state index in [9.17, 15) is 19.5 Å². The second-order valence-electron chi connectivity index (χ2n) is 10.4. The minimum atomic E-state index is -0.977. The van der Waals surface area contributed by atoms with Gasteiger partial charge in [-0.25, -0.2) is 0 Å². The summed E-state index contributed by atoms with van der Waals surface area (Å²) in [6, 6.07) is 18.3. The quantitative estimate of drug-likeness (QED) is 0.193. The third-order valence-electron chi connectivity index (χ3n) is 6.97. The van der Waals surface area contributed by atoms with Crippen LogP contribution in [0.15, 0.2) is 66.7 Å². The topological polar surface area (TPSA) is 134 Å². The van der Waals surface area contributed by atoms with Gasteiger partial charge < -0.3 is 31.1 Å². The number of benzene rings is 3. The van der Waals surface area contributed by atoms with Gasteiger partial charge in [0.25, 0.3) is 11.8 Å². The largest absolute Gasteiger partial charge is 0.497 e. The van der Waals surface area contributed by atoms with Gasteiger partial charge in [0.15, 0.2) is 0 Å². The highest BCUT2D eigenvalue weighted by Gasteiger charge is 2.25. The number of methoxy groups -OCH3 is 1. The van der Waals surface area contributed by atoms with Crippen molar-refractivity contribution >= 4 is 29.3 Å². The zero-order chi connectivity index (χ0) is 31.4.